The van der Waals surface area contributed by atoms with Crippen LogP contribution >= 0.6 is 0 Å². The van der Waals surface area contributed by atoms with Crippen LogP contribution in [-0.2, 0) is 4.79 Å². The van der Waals surface area contributed by atoms with E-state index in [0.717, 1.165) is 6.42 Å². The smallest absolute Gasteiger partial charge is 0.337 e. The number of carbonyl (C=O) groups excluding carboxylic acids is 1. The molecule has 1 aromatic rings. The summed E-state index contributed by atoms with van der Waals surface area (Å²) in [4.78, 5) is 23.2. The van der Waals surface area contributed by atoms with Crippen molar-refractivity contribution in [1.82, 2.24) is 0 Å². The molecule has 1 unspecified atom stereocenters. The fraction of sp³-hybridized carbons (Fsp3) is 0.429. The molecule has 0 fully saturated rings. The predicted octanol–water partition coefficient (Wildman–Crippen LogP) is 1.71. The fourth-order valence-electron chi connectivity index (χ4n) is 1.67. The van der Waals surface area contributed by atoms with Gasteiger partial charge in [-0.05, 0) is 18.1 Å². The molecule has 0 aromatic heterocycles. The Labute approximate surface area is 117 Å². The Hall–Kier alpha value is -2.08. The third kappa shape index (κ3) is 3.71. The highest BCUT2D eigenvalue weighted by Crippen LogP contribution is 2.23. The molecule has 6 nitrogen and oxygen atoms in total. The summed E-state index contributed by atoms with van der Waals surface area (Å²) in [5.74, 6) is -1.06. The van der Waals surface area contributed by atoms with E-state index < -0.39 is 17.9 Å². The van der Waals surface area contributed by atoms with Crippen LogP contribution in [0, 0.1) is 5.92 Å². The van der Waals surface area contributed by atoms with E-state index in [9.17, 15) is 9.59 Å². The number of carboxylic acids is 1. The summed E-state index contributed by atoms with van der Waals surface area (Å²) in [5, 5.41) is 11.7. The molecule has 20 heavy (non-hydrogen) atoms. The predicted molar refractivity (Wildman–Crippen MR) is 76.0 cm³/mol. The molecule has 0 saturated carbocycles. The first kappa shape index (κ1) is 16.0. The van der Waals surface area contributed by atoms with E-state index in [1.54, 1.807) is 0 Å². The molecular formula is C14H20N2O4. The summed E-state index contributed by atoms with van der Waals surface area (Å²) in [6, 6.07) is 3.68. The van der Waals surface area contributed by atoms with Gasteiger partial charge in [0, 0.05) is 6.07 Å². The normalized spacial score (nSPS) is 13.4. The number of nitrogens with two attached hydrogens (primary N) is 1. The van der Waals surface area contributed by atoms with Crippen molar-refractivity contribution in [3.8, 4) is 5.75 Å². The number of ether oxygens (including phenoxy) is 1. The molecule has 1 aromatic carbocycles. The minimum absolute atomic E-state index is 0.00417. The van der Waals surface area contributed by atoms with E-state index in [1.807, 2.05) is 13.8 Å². The second-order valence-electron chi connectivity index (χ2n) is 4.62. The van der Waals surface area contributed by atoms with E-state index in [-0.39, 0.29) is 17.2 Å². The van der Waals surface area contributed by atoms with Crippen LogP contribution in [0.2, 0.25) is 0 Å². The highest BCUT2D eigenvalue weighted by atomic mass is 16.5. The number of hydrogen-bond acceptors (Lipinski definition) is 4. The molecule has 0 saturated heterocycles. The highest BCUT2D eigenvalue weighted by Gasteiger charge is 2.21. The molecule has 0 radical (unpaired) electrons. The van der Waals surface area contributed by atoms with Gasteiger partial charge in [-0.1, -0.05) is 20.3 Å². The second kappa shape index (κ2) is 6.91. The average Bonchev–Trinajstić information content (AvgIpc) is 2.44. The van der Waals surface area contributed by atoms with Crippen LogP contribution in [0.15, 0.2) is 18.2 Å². The third-order valence-electron chi connectivity index (χ3n) is 3.27. The zero-order chi connectivity index (χ0) is 15.3. The third-order valence-corrected chi connectivity index (χ3v) is 3.27. The second-order valence-corrected chi connectivity index (χ2v) is 4.62. The number of hydrogen-bond donors (Lipinski definition) is 3. The Balaban J connectivity index is 3.00. The molecule has 110 valence electrons. The molecular weight excluding hydrogens is 260 g/mol. The molecule has 0 aliphatic carbocycles. The first-order valence-corrected chi connectivity index (χ1v) is 6.38. The molecule has 0 spiro atoms. The Morgan fingerprint density at radius 1 is 1.45 bits per heavy atom. The van der Waals surface area contributed by atoms with Crippen LogP contribution in [0.3, 0.4) is 0 Å². The minimum atomic E-state index is -1.12. The fourth-order valence-corrected chi connectivity index (χ4v) is 1.67. The van der Waals surface area contributed by atoms with Gasteiger partial charge in [-0.25, -0.2) is 4.79 Å². The largest absolute Gasteiger partial charge is 0.497 e. The number of nitrogens with one attached hydrogen (secondary N) is 1. The summed E-state index contributed by atoms with van der Waals surface area (Å²) in [6.45, 7) is 3.81. The van der Waals surface area contributed by atoms with Gasteiger partial charge in [-0.2, -0.15) is 0 Å². The van der Waals surface area contributed by atoms with E-state index in [1.165, 1.54) is 25.3 Å². The Kier molecular flexibility index (Phi) is 5.52. The number of amides is 1. The first-order chi connectivity index (χ1) is 9.40. The SMILES string of the molecule is CCC(C)[C@H](N)C(=O)Nc1cc(OC)ccc1C(=O)O. The van der Waals surface area contributed by atoms with Crippen LogP contribution in [0.5, 0.6) is 5.75 Å². The maximum Gasteiger partial charge on any atom is 0.337 e. The van der Waals surface area contributed by atoms with Gasteiger partial charge >= 0.3 is 5.97 Å². The van der Waals surface area contributed by atoms with Crippen LogP contribution in [0.1, 0.15) is 30.6 Å². The van der Waals surface area contributed by atoms with Crippen molar-refractivity contribution in [2.75, 3.05) is 12.4 Å². The maximum absolute atomic E-state index is 12.0. The lowest BCUT2D eigenvalue weighted by atomic mass is 9.99. The molecule has 0 aliphatic rings. The van der Waals surface area contributed by atoms with Crippen molar-refractivity contribution in [1.29, 1.82) is 0 Å². The molecule has 4 N–H and O–H groups in total. The number of methoxy groups -OCH3 is 1. The maximum atomic E-state index is 12.0. The Bertz CT molecular complexity index is 502. The van der Waals surface area contributed by atoms with E-state index in [2.05, 4.69) is 5.32 Å². The molecule has 1 amide bonds. The van der Waals surface area contributed by atoms with Crippen molar-refractivity contribution in [2.24, 2.45) is 11.7 Å². The van der Waals surface area contributed by atoms with Gasteiger partial charge in [0.25, 0.3) is 0 Å². The number of rotatable bonds is 6. The van der Waals surface area contributed by atoms with Gasteiger partial charge < -0.3 is 20.9 Å². The molecule has 2 atom stereocenters. The van der Waals surface area contributed by atoms with Crippen LogP contribution in [-0.4, -0.2) is 30.1 Å². The molecule has 0 heterocycles. The number of anilines is 1. The zero-order valence-corrected chi connectivity index (χ0v) is 11.8. The zero-order valence-electron chi connectivity index (χ0n) is 11.8. The van der Waals surface area contributed by atoms with Crippen molar-refractivity contribution in [3.05, 3.63) is 23.8 Å². The van der Waals surface area contributed by atoms with Crippen molar-refractivity contribution < 1.29 is 19.4 Å². The molecule has 1 rings (SSSR count). The Morgan fingerprint density at radius 2 is 2.10 bits per heavy atom. The quantitative estimate of drug-likeness (QED) is 0.736. The summed E-state index contributed by atoms with van der Waals surface area (Å²) in [6.07, 6.45) is 0.762. The lowest BCUT2D eigenvalue weighted by Crippen LogP contribution is -2.40. The van der Waals surface area contributed by atoms with Gasteiger partial charge in [0.15, 0.2) is 0 Å². The topological polar surface area (TPSA) is 102 Å². The molecule has 0 bridgehead atoms. The highest BCUT2D eigenvalue weighted by molar-refractivity contribution is 6.02. The van der Waals surface area contributed by atoms with E-state index in [0.29, 0.717) is 5.75 Å². The number of carbonyl (C=O) groups is 2. The van der Waals surface area contributed by atoms with Crippen molar-refractivity contribution in [2.45, 2.75) is 26.3 Å². The van der Waals surface area contributed by atoms with Gasteiger partial charge in [0.2, 0.25) is 5.91 Å². The van der Waals surface area contributed by atoms with Crippen molar-refractivity contribution >= 4 is 17.6 Å². The minimum Gasteiger partial charge on any atom is -0.497 e. The van der Waals surface area contributed by atoms with Crippen LogP contribution in [0.4, 0.5) is 5.69 Å². The molecule has 6 heteroatoms. The van der Waals surface area contributed by atoms with Gasteiger partial charge in [0.1, 0.15) is 5.75 Å². The van der Waals surface area contributed by atoms with Crippen LogP contribution < -0.4 is 15.8 Å². The summed E-state index contributed by atoms with van der Waals surface area (Å²) in [7, 11) is 1.46. The van der Waals surface area contributed by atoms with Crippen LogP contribution in [0.25, 0.3) is 0 Å². The van der Waals surface area contributed by atoms with Gasteiger partial charge in [-0.15, -0.1) is 0 Å². The standard InChI is InChI=1S/C14H20N2O4/c1-4-8(2)12(15)13(17)16-11-7-9(20-3)5-6-10(11)14(18)19/h5-8,12H,4,15H2,1-3H3,(H,16,17)(H,18,19)/t8?,12-/m0/s1. The first-order valence-electron chi connectivity index (χ1n) is 6.38. The number of aromatic carboxylic acids is 1. The van der Waals surface area contributed by atoms with Gasteiger partial charge in [0.05, 0.1) is 24.4 Å². The number of carboxylic acid groups (broad SMARTS) is 1. The lowest BCUT2D eigenvalue weighted by Gasteiger charge is -2.18. The lowest BCUT2D eigenvalue weighted by molar-refractivity contribution is -0.118. The number of benzene rings is 1. The average molecular weight is 280 g/mol. The Morgan fingerprint density at radius 3 is 2.60 bits per heavy atom. The van der Waals surface area contributed by atoms with Crippen molar-refractivity contribution in [3.63, 3.8) is 0 Å². The summed E-state index contributed by atoms with van der Waals surface area (Å²) < 4.78 is 5.02. The van der Waals surface area contributed by atoms with E-state index >= 15 is 0 Å². The monoisotopic (exact) mass is 280 g/mol. The molecule has 0 aliphatic heterocycles. The summed E-state index contributed by atoms with van der Waals surface area (Å²) >= 11 is 0. The summed E-state index contributed by atoms with van der Waals surface area (Å²) in [5.41, 5.74) is 6.00. The van der Waals surface area contributed by atoms with Gasteiger partial charge in [-0.3, -0.25) is 4.79 Å². The van der Waals surface area contributed by atoms with E-state index in [4.69, 9.17) is 15.6 Å².